The molecule has 5 heteroatoms. The molecule has 5 nitrogen and oxygen atoms in total. The number of barbiturate groups is 1. The van der Waals surface area contributed by atoms with Crippen LogP contribution in [-0.4, -0.2) is 28.8 Å². The van der Waals surface area contributed by atoms with Crippen LogP contribution in [0.25, 0.3) is 0 Å². The Morgan fingerprint density at radius 1 is 1.47 bits per heavy atom. The summed E-state index contributed by atoms with van der Waals surface area (Å²) in [7, 11) is 0. The van der Waals surface area contributed by atoms with Crippen molar-refractivity contribution in [1.82, 2.24) is 10.2 Å². The van der Waals surface area contributed by atoms with Gasteiger partial charge in [-0.3, -0.25) is 19.8 Å². The number of amides is 4. The van der Waals surface area contributed by atoms with E-state index in [1.165, 1.54) is 0 Å². The van der Waals surface area contributed by atoms with E-state index in [4.69, 9.17) is 6.42 Å². The minimum atomic E-state index is -0.976. The van der Waals surface area contributed by atoms with Crippen molar-refractivity contribution in [3.05, 3.63) is 0 Å². The molecular weight excluding hydrogens is 220 g/mol. The molecule has 1 unspecified atom stereocenters. The fourth-order valence-electron chi connectivity index (χ4n) is 2.15. The summed E-state index contributed by atoms with van der Waals surface area (Å²) in [6.45, 7) is 1.86. The number of carbonyl (C=O) groups is 3. The molecule has 1 aliphatic heterocycles. The van der Waals surface area contributed by atoms with Gasteiger partial charge < -0.3 is 0 Å². The number of imide groups is 2. The lowest BCUT2D eigenvalue weighted by molar-refractivity contribution is -0.146. The number of nitrogens with zero attached hydrogens (tertiary/aromatic N) is 1. The molecule has 0 aromatic heterocycles. The van der Waals surface area contributed by atoms with Crippen LogP contribution in [0.15, 0.2) is 0 Å². The maximum Gasteiger partial charge on any atom is 0.331 e. The van der Waals surface area contributed by atoms with Crippen LogP contribution in [0.2, 0.25) is 0 Å². The van der Waals surface area contributed by atoms with Gasteiger partial charge in [0.25, 0.3) is 0 Å². The van der Waals surface area contributed by atoms with Crippen molar-refractivity contribution in [3.8, 4) is 12.3 Å². The Labute approximate surface area is 99.5 Å². The molecule has 1 saturated carbocycles. The molecule has 0 aromatic carbocycles. The number of nitrogens with one attached hydrogen (secondary N) is 1. The fourth-order valence-corrected chi connectivity index (χ4v) is 2.15. The van der Waals surface area contributed by atoms with Gasteiger partial charge in [-0.05, 0) is 19.3 Å². The van der Waals surface area contributed by atoms with E-state index < -0.39 is 17.4 Å². The molecule has 17 heavy (non-hydrogen) atoms. The van der Waals surface area contributed by atoms with E-state index in [1.807, 2.05) is 6.92 Å². The number of urea groups is 1. The summed E-state index contributed by atoms with van der Waals surface area (Å²) in [6.07, 6.45) is 7.18. The maximum absolute atomic E-state index is 12.2. The Morgan fingerprint density at radius 2 is 2.12 bits per heavy atom. The van der Waals surface area contributed by atoms with Crippen molar-refractivity contribution < 1.29 is 14.4 Å². The number of terminal acetylenes is 1. The van der Waals surface area contributed by atoms with Gasteiger partial charge in [0.2, 0.25) is 11.8 Å². The average molecular weight is 234 g/mol. The Hall–Kier alpha value is -1.83. The van der Waals surface area contributed by atoms with Crippen LogP contribution in [0.4, 0.5) is 4.79 Å². The lowest BCUT2D eigenvalue weighted by Gasteiger charge is -2.34. The summed E-state index contributed by atoms with van der Waals surface area (Å²) in [6, 6.07) is -0.960. The summed E-state index contributed by atoms with van der Waals surface area (Å²) in [5.41, 5.74) is -0.976. The zero-order valence-corrected chi connectivity index (χ0v) is 9.66. The molecule has 1 atom stereocenters. The van der Waals surface area contributed by atoms with Crippen LogP contribution in [-0.2, 0) is 9.59 Å². The Kier molecular flexibility index (Phi) is 2.66. The van der Waals surface area contributed by atoms with Crippen LogP contribution in [0, 0.1) is 17.8 Å². The Bertz CT molecular complexity index is 432. The van der Waals surface area contributed by atoms with Crippen LogP contribution in [0.1, 0.15) is 32.6 Å². The van der Waals surface area contributed by atoms with Gasteiger partial charge in [-0.2, -0.15) is 0 Å². The second-order valence-electron chi connectivity index (χ2n) is 4.49. The van der Waals surface area contributed by atoms with Gasteiger partial charge in [-0.1, -0.05) is 6.92 Å². The second kappa shape index (κ2) is 3.88. The van der Waals surface area contributed by atoms with Gasteiger partial charge in [0, 0.05) is 6.42 Å². The number of hydrogen-bond acceptors (Lipinski definition) is 3. The van der Waals surface area contributed by atoms with Gasteiger partial charge >= 0.3 is 6.03 Å². The van der Waals surface area contributed by atoms with Crippen molar-refractivity contribution >= 4 is 17.8 Å². The van der Waals surface area contributed by atoms with E-state index in [1.54, 1.807) is 0 Å². The van der Waals surface area contributed by atoms with E-state index >= 15 is 0 Å². The molecule has 0 bridgehead atoms. The van der Waals surface area contributed by atoms with Gasteiger partial charge in [0.1, 0.15) is 5.41 Å². The topological polar surface area (TPSA) is 66.5 Å². The van der Waals surface area contributed by atoms with Gasteiger partial charge in [0.05, 0.1) is 6.04 Å². The summed E-state index contributed by atoms with van der Waals surface area (Å²) >= 11 is 0. The molecular formula is C12H14N2O3. The highest BCUT2D eigenvalue weighted by Gasteiger charge is 2.62. The van der Waals surface area contributed by atoms with Crippen molar-refractivity contribution in [2.24, 2.45) is 5.41 Å². The van der Waals surface area contributed by atoms with E-state index in [0.29, 0.717) is 25.7 Å². The molecule has 1 heterocycles. The molecule has 0 aromatic rings. The third-order valence-corrected chi connectivity index (χ3v) is 3.44. The molecule has 0 radical (unpaired) electrons. The molecule has 2 aliphatic rings. The highest BCUT2D eigenvalue weighted by Crippen LogP contribution is 2.49. The molecule has 4 amide bonds. The van der Waals surface area contributed by atoms with Gasteiger partial charge in [0.15, 0.2) is 0 Å². The number of carbonyl (C=O) groups excluding carboxylic acids is 3. The van der Waals surface area contributed by atoms with Crippen LogP contribution < -0.4 is 5.32 Å². The van der Waals surface area contributed by atoms with E-state index in [9.17, 15) is 14.4 Å². The first-order valence-electron chi connectivity index (χ1n) is 5.69. The average Bonchev–Trinajstić information content (AvgIpc) is 3.07. The highest BCUT2D eigenvalue weighted by molar-refractivity contribution is 6.21. The van der Waals surface area contributed by atoms with E-state index in [2.05, 4.69) is 11.2 Å². The molecule has 2 rings (SSSR count). The first-order valence-corrected chi connectivity index (χ1v) is 5.69. The van der Waals surface area contributed by atoms with Crippen LogP contribution in [0.5, 0.6) is 0 Å². The molecule has 1 saturated heterocycles. The summed E-state index contributed by atoms with van der Waals surface area (Å²) < 4.78 is 0. The Balaban J connectivity index is 2.27. The molecule has 1 aliphatic carbocycles. The third kappa shape index (κ3) is 1.60. The number of rotatable bonds is 3. The third-order valence-electron chi connectivity index (χ3n) is 3.44. The van der Waals surface area contributed by atoms with E-state index in [0.717, 1.165) is 4.90 Å². The predicted octanol–water partition coefficient (Wildman–Crippen LogP) is 0.647. The quantitative estimate of drug-likeness (QED) is 0.576. The van der Waals surface area contributed by atoms with Crippen LogP contribution >= 0.6 is 0 Å². The lowest BCUT2D eigenvalue weighted by atomic mass is 9.99. The minimum absolute atomic E-state index is 0.319. The summed E-state index contributed by atoms with van der Waals surface area (Å²) in [5.74, 6) is 1.62. The summed E-state index contributed by atoms with van der Waals surface area (Å²) in [4.78, 5) is 36.6. The predicted molar refractivity (Wildman–Crippen MR) is 59.6 cm³/mol. The fraction of sp³-hybridized carbons (Fsp3) is 0.583. The normalized spacial score (nSPS) is 23.3. The van der Waals surface area contributed by atoms with Gasteiger partial charge in [-0.25, -0.2) is 4.79 Å². The standard InChI is InChI=1S/C12H14N2O3/c1-3-5-8(4-2)14-10(16)12(6-7-12)9(15)13-11(14)17/h1,8H,4-7H2,2H3,(H,13,15,17). The van der Waals surface area contributed by atoms with Crippen LogP contribution in [0.3, 0.4) is 0 Å². The SMILES string of the molecule is C#CCC(CC)N1C(=O)NC(=O)C2(CC2)C1=O. The first-order chi connectivity index (χ1) is 8.06. The number of hydrogen-bond donors (Lipinski definition) is 1. The lowest BCUT2D eigenvalue weighted by Crippen LogP contribution is -2.61. The minimum Gasteiger partial charge on any atom is -0.277 e. The monoisotopic (exact) mass is 234 g/mol. The van der Waals surface area contributed by atoms with Crippen molar-refractivity contribution in [3.63, 3.8) is 0 Å². The second-order valence-corrected chi connectivity index (χ2v) is 4.49. The highest BCUT2D eigenvalue weighted by atomic mass is 16.2. The first kappa shape index (κ1) is 11.6. The van der Waals surface area contributed by atoms with Crippen molar-refractivity contribution in [2.75, 3.05) is 0 Å². The summed E-state index contributed by atoms with van der Waals surface area (Å²) in [5, 5.41) is 2.24. The van der Waals surface area contributed by atoms with E-state index in [-0.39, 0.29) is 11.9 Å². The molecule has 2 fully saturated rings. The zero-order chi connectivity index (χ0) is 12.6. The Morgan fingerprint density at radius 3 is 2.59 bits per heavy atom. The largest absolute Gasteiger partial charge is 0.331 e. The zero-order valence-electron chi connectivity index (χ0n) is 9.66. The molecule has 90 valence electrons. The van der Waals surface area contributed by atoms with Gasteiger partial charge in [-0.15, -0.1) is 12.3 Å². The van der Waals surface area contributed by atoms with Crippen molar-refractivity contribution in [2.45, 2.75) is 38.6 Å². The molecule has 1 N–H and O–H groups in total. The smallest absolute Gasteiger partial charge is 0.277 e. The molecule has 1 spiro atoms. The van der Waals surface area contributed by atoms with Crippen molar-refractivity contribution in [1.29, 1.82) is 0 Å². The maximum atomic E-state index is 12.2.